The number of aromatic nitrogens is 5. The average molecular weight is 393 g/mol. The van der Waals surface area contributed by atoms with Gasteiger partial charge in [-0.2, -0.15) is 0 Å². The van der Waals surface area contributed by atoms with E-state index in [1.54, 1.807) is 11.6 Å². The van der Waals surface area contributed by atoms with Crippen molar-refractivity contribution in [3.8, 4) is 0 Å². The summed E-state index contributed by atoms with van der Waals surface area (Å²) in [6, 6.07) is 9.62. The van der Waals surface area contributed by atoms with Gasteiger partial charge in [-0.05, 0) is 19.1 Å². The van der Waals surface area contributed by atoms with Gasteiger partial charge in [0.15, 0.2) is 5.82 Å². The lowest BCUT2D eigenvalue weighted by atomic mass is 10.2. The Morgan fingerprint density at radius 2 is 1.76 bits per heavy atom. The summed E-state index contributed by atoms with van der Waals surface area (Å²) < 4.78 is 8.73. The second-order valence-electron chi connectivity index (χ2n) is 7.61. The van der Waals surface area contributed by atoms with Crippen molar-refractivity contribution in [2.24, 2.45) is 7.05 Å². The molecule has 0 bridgehead atoms. The van der Waals surface area contributed by atoms with Crippen LogP contribution in [0.25, 0.3) is 16.7 Å². The van der Waals surface area contributed by atoms with Crippen molar-refractivity contribution < 1.29 is 4.52 Å². The lowest BCUT2D eigenvalue weighted by Gasteiger charge is -2.33. The highest BCUT2D eigenvalue weighted by molar-refractivity contribution is 5.80. The predicted molar refractivity (Wildman–Crippen MR) is 108 cm³/mol. The third-order valence-electron chi connectivity index (χ3n) is 5.59. The van der Waals surface area contributed by atoms with E-state index in [1.807, 2.05) is 41.7 Å². The minimum absolute atomic E-state index is 0.0521. The van der Waals surface area contributed by atoms with Crippen molar-refractivity contribution in [2.75, 3.05) is 26.2 Å². The highest BCUT2D eigenvalue weighted by Crippen LogP contribution is 2.16. The first-order valence-corrected chi connectivity index (χ1v) is 9.79. The molecule has 1 aliphatic rings. The van der Waals surface area contributed by atoms with Crippen LogP contribution in [0.5, 0.6) is 0 Å². The normalized spacial score (nSPS) is 16.2. The van der Waals surface area contributed by atoms with Crippen LogP contribution in [0.4, 0.5) is 0 Å². The molecule has 0 N–H and O–H groups in total. The molecule has 9 nitrogen and oxygen atoms in total. The number of para-hydroxylation sites is 1. The Labute approximate surface area is 167 Å². The molecule has 1 fully saturated rings. The van der Waals surface area contributed by atoms with E-state index in [9.17, 15) is 4.79 Å². The van der Waals surface area contributed by atoms with Gasteiger partial charge in [0, 0.05) is 45.8 Å². The fourth-order valence-electron chi connectivity index (χ4n) is 4.02. The maximum absolute atomic E-state index is 12.6. The Morgan fingerprint density at radius 1 is 1.03 bits per heavy atom. The van der Waals surface area contributed by atoms with Gasteiger partial charge < -0.3 is 4.52 Å². The number of nitrogens with zero attached hydrogens (tertiary/aromatic N) is 7. The summed E-state index contributed by atoms with van der Waals surface area (Å²) >= 11 is 0. The van der Waals surface area contributed by atoms with Gasteiger partial charge in [-0.3, -0.25) is 23.6 Å². The first-order chi connectivity index (χ1) is 14.1. The Bertz CT molecular complexity index is 1230. The first-order valence-electron chi connectivity index (χ1n) is 9.79. The molecule has 0 spiro atoms. The van der Waals surface area contributed by atoms with Crippen molar-refractivity contribution in [1.82, 2.24) is 34.1 Å². The Morgan fingerprint density at radius 3 is 2.48 bits per heavy atom. The molecule has 5 rings (SSSR count). The fourth-order valence-corrected chi connectivity index (χ4v) is 4.02. The van der Waals surface area contributed by atoms with E-state index >= 15 is 0 Å². The third-order valence-corrected chi connectivity index (χ3v) is 5.59. The molecule has 0 saturated carbocycles. The molecule has 1 aliphatic heterocycles. The van der Waals surface area contributed by atoms with Gasteiger partial charge in [0.1, 0.15) is 5.76 Å². The number of aryl methyl sites for hydroxylation is 2. The van der Waals surface area contributed by atoms with Crippen LogP contribution in [0.2, 0.25) is 0 Å². The molecule has 29 heavy (non-hydrogen) atoms. The summed E-state index contributed by atoms with van der Waals surface area (Å²) in [6.45, 7) is 7.22. The average Bonchev–Trinajstić information content (AvgIpc) is 3.34. The molecule has 1 aromatic carbocycles. The van der Waals surface area contributed by atoms with Crippen LogP contribution in [0.1, 0.15) is 17.3 Å². The highest BCUT2D eigenvalue weighted by Gasteiger charge is 2.21. The van der Waals surface area contributed by atoms with Crippen LogP contribution in [-0.2, 0) is 20.1 Å². The molecule has 150 valence electrons. The first kappa shape index (κ1) is 18.0. The number of hydrogen-bond donors (Lipinski definition) is 0. The topological polar surface area (TPSA) is 84.7 Å². The molecule has 4 heterocycles. The molecule has 3 aromatic heterocycles. The van der Waals surface area contributed by atoms with Crippen LogP contribution in [0, 0.1) is 6.92 Å². The minimum Gasteiger partial charge on any atom is -0.361 e. The zero-order valence-corrected chi connectivity index (χ0v) is 16.6. The van der Waals surface area contributed by atoms with Crippen molar-refractivity contribution in [3.63, 3.8) is 0 Å². The molecule has 1 saturated heterocycles. The van der Waals surface area contributed by atoms with Gasteiger partial charge in [-0.25, -0.2) is 0 Å². The van der Waals surface area contributed by atoms with Crippen LogP contribution < -0.4 is 5.56 Å². The summed E-state index contributed by atoms with van der Waals surface area (Å²) in [4.78, 5) is 17.3. The zero-order valence-electron chi connectivity index (χ0n) is 16.6. The van der Waals surface area contributed by atoms with Crippen molar-refractivity contribution >= 4 is 16.7 Å². The third kappa shape index (κ3) is 3.22. The SMILES string of the molecule is Cc1cc(CN2CCN(Cc3nnc4n(C)c(=O)c5ccccc5n34)CC2)no1. The van der Waals surface area contributed by atoms with E-state index in [-0.39, 0.29) is 5.56 Å². The Hall–Kier alpha value is -3.04. The summed E-state index contributed by atoms with van der Waals surface area (Å²) in [5, 5.41) is 13.5. The summed E-state index contributed by atoms with van der Waals surface area (Å²) in [5.74, 6) is 2.27. The maximum atomic E-state index is 12.6. The standard InChI is InChI=1S/C20H23N7O2/c1-14-11-15(23-29-14)12-25-7-9-26(10-8-25)13-18-21-22-20-24(2)19(28)16-5-3-4-6-17(16)27(18)20/h3-6,11H,7-10,12-13H2,1-2H3. The monoisotopic (exact) mass is 393 g/mol. The van der Waals surface area contributed by atoms with Crippen LogP contribution in [0.15, 0.2) is 39.6 Å². The van der Waals surface area contributed by atoms with Gasteiger partial charge in [-0.1, -0.05) is 17.3 Å². The number of fused-ring (bicyclic) bond motifs is 3. The lowest BCUT2D eigenvalue weighted by Crippen LogP contribution is -2.45. The van der Waals surface area contributed by atoms with Gasteiger partial charge >= 0.3 is 0 Å². The van der Waals surface area contributed by atoms with Crippen molar-refractivity contribution in [2.45, 2.75) is 20.0 Å². The van der Waals surface area contributed by atoms with Gasteiger partial charge in [0.05, 0.1) is 23.1 Å². The molecular formula is C20H23N7O2. The number of hydrogen-bond acceptors (Lipinski definition) is 7. The number of benzene rings is 1. The molecule has 4 aromatic rings. The minimum atomic E-state index is -0.0521. The van der Waals surface area contributed by atoms with E-state index < -0.39 is 0 Å². The van der Waals surface area contributed by atoms with Crippen LogP contribution in [0.3, 0.4) is 0 Å². The lowest BCUT2D eigenvalue weighted by molar-refractivity contribution is 0.117. The maximum Gasteiger partial charge on any atom is 0.262 e. The molecule has 9 heteroatoms. The number of rotatable bonds is 4. The molecule has 0 aliphatic carbocycles. The zero-order chi connectivity index (χ0) is 20.0. The molecule has 0 atom stereocenters. The van der Waals surface area contributed by atoms with Gasteiger partial charge in [0.25, 0.3) is 5.56 Å². The largest absolute Gasteiger partial charge is 0.361 e. The summed E-state index contributed by atoms with van der Waals surface area (Å²) in [6.07, 6.45) is 0. The van der Waals surface area contributed by atoms with Crippen molar-refractivity contribution in [1.29, 1.82) is 0 Å². The summed E-state index contributed by atoms with van der Waals surface area (Å²) in [5.41, 5.74) is 1.78. The van der Waals surface area contributed by atoms with Gasteiger partial charge in [0.2, 0.25) is 5.78 Å². The van der Waals surface area contributed by atoms with Crippen molar-refractivity contribution in [3.05, 3.63) is 58.0 Å². The van der Waals surface area contributed by atoms with E-state index in [0.29, 0.717) is 17.7 Å². The highest BCUT2D eigenvalue weighted by atomic mass is 16.5. The molecule has 0 radical (unpaired) electrons. The summed E-state index contributed by atoms with van der Waals surface area (Å²) in [7, 11) is 1.74. The smallest absolute Gasteiger partial charge is 0.262 e. The molecule has 0 amide bonds. The second kappa shape index (κ2) is 7.09. The predicted octanol–water partition coefficient (Wildman–Crippen LogP) is 1.20. The van der Waals surface area contributed by atoms with E-state index in [1.165, 1.54) is 0 Å². The Kier molecular flexibility index (Phi) is 4.40. The van der Waals surface area contributed by atoms with E-state index in [2.05, 4.69) is 25.2 Å². The quantitative estimate of drug-likeness (QED) is 0.515. The van der Waals surface area contributed by atoms with E-state index in [4.69, 9.17) is 4.52 Å². The second-order valence-corrected chi connectivity index (χ2v) is 7.61. The Balaban J connectivity index is 1.36. The van der Waals surface area contributed by atoms with Gasteiger partial charge in [-0.15, -0.1) is 10.2 Å². The fraction of sp³-hybridized carbons (Fsp3) is 0.400. The van der Waals surface area contributed by atoms with E-state index in [0.717, 1.165) is 55.5 Å². The van der Waals surface area contributed by atoms with Crippen LogP contribution in [-0.4, -0.2) is 60.3 Å². The number of piperazine rings is 1. The molecule has 0 unspecified atom stereocenters. The molecular weight excluding hydrogens is 370 g/mol. The van der Waals surface area contributed by atoms with Crippen LogP contribution >= 0.6 is 0 Å².